The molecule has 0 saturated heterocycles. The highest BCUT2D eigenvalue weighted by atomic mass is 14.9. The highest BCUT2D eigenvalue weighted by molar-refractivity contribution is 5.83. The van der Waals surface area contributed by atoms with Gasteiger partial charge in [-0.3, -0.25) is 0 Å². The predicted octanol–water partition coefficient (Wildman–Crippen LogP) is 5.08. The quantitative estimate of drug-likeness (QED) is 0.581. The molecule has 1 heterocycles. The van der Waals surface area contributed by atoms with E-state index in [-0.39, 0.29) is 0 Å². The van der Waals surface area contributed by atoms with Gasteiger partial charge < -0.3 is 0 Å². The van der Waals surface area contributed by atoms with E-state index in [1.165, 1.54) is 44.6 Å². The largest absolute Gasteiger partial charge is 0.220 e. The van der Waals surface area contributed by atoms with Crippen molar-refractivity contribution in [3.8, 4) is 22.4 Å². The Morgan fingerprint density at radius 3 is 1.96 bits per heavy atom. The molecule has 0 aliphatic carbocycles. The molecule has 0 N–H and O–H groups in total. The van der Waals surface area contributed by atoms with E-state index in [0.29, 0.717) is 0 Å². The maximum Gasteiger partial charge on any atom is 0.220 e. The predicted molar refractivity (Wildman–Crippen MR) is 97.4 cm³/mol. The van der Waals surface area contributed by atoms with Crippen molar-refractivity contribution in [1.82, 2.24) is 0 Å². The van der Waals surface area contributed by atoms with E-state index in [0.717, 1.165) is 0 Å². The first-order valence-electron chi connectivity index (χ1n) is 8.12. The molecule has 1 nitrogen and oxygen atoms in total. The summed E-state index contributed by atoms with van der Waals surface area (Å²) in [4.78, 5) is 0. The second-order valence-electron chi connectivity index (χ2n) is 6.47. The molecule has 116 valence electrons. The van der Waals surface area contributed by atoms with Crippen LogP contribution in [0.5, 0.6) is 0 Å². The van der Waals surface area contributed by atoms with Gasteiger partial charge in [-0.05, 0) is 62.1 Å². The van der Waals surface area contributed by atoms with Crippen LogP contribution in [-0.4, -0.2) is 0 Å². The van der Waals surface area contributed by atoms with Crippen molar-refractivity contribution in [2.24, 2.45) is 7.05 Å². The van der Waals surface area contributed by atoms with Crippen LogP contribution in [0.1, 0.15) is 22.3 Å². The summed E-state index contributed by atoms with van der Waals surface area (Å²) in [5.41, 5.74) is 10.5. The molecular weight excluding hydrogens is 278 g/mol. The number of nitrogens with zero attached hydrogens (tertiary/aromatic N) is 1. The fourth-order valence-corrected chi connectivity index (χ4v) is 3.59. The number of aromatic nitrogens is 1. The lowest BCUT2D eigenvalue weighted by molar-refractivity contribution is -0.660. The van der Waals surface area contributed by atoms with Crippen molar-refractivity contribution < 1.29 is 4.57 Å². The summed E-state index contributed by atoms with van der Waals surface area (Å²) < 4.78 is 2.23. The average Bonchev–Trinajstić information content (AvgIpc) is 2.47. The third-order valence-corrected chi connectivity index (χ3v) is 4.53. The summed E-state index contributed by atoms with van der Waals surface area (Å²) >= 11 is 0. The number of benzene rings is 2. The van der Waals surface area contributed by atoms with Crippen molar-refractivity contribution in [2.45, 2.75) is 27.7 Å². The molecule has 0 aliphatic rings. The van der Waals surface area contributed by atoms with Crippen LogP contribution in [0.3, 0.4) is 0 Å². The molecule has 0 saturated carbocycles. The zero-order valence-corrected chi connectivity index (χ0v) is 14.6. The molecule has 1 heteroatoms. The van der Waals surface area contributed by atoms with Gasteiger partial charge in [0, 0.05) is 11.6 Å². The third kappa shape index (κ3) is 2.79. The monoisotopic (exact) mass is 302 g/mol. The lowest BCUT2D eigenvalue weighted by atomic mass is 9.90. The van der Waals surface area contributed by atoms with E-state index in [4.69, 9.17) is 0 Å². The number of rotatable bonds is 2. The Balaban J connectivity index is 2.36. The van der Waals surface area contributed by atoms with Gasteiger partial charge in [0.25, 0.3) is 0 Å². The molecule has 0 unspecified atom stereocenters. The van der Waals surface area contributed by atoms with Gasteiger partial charge in [0.1, 0.15) is 7.05 Å². The van der Waals surface area contributed by atoms with Crippen LogP contribution in [-0.2, 0) is 7.05 Å². The van der Waals surface area contributed by atoms with E-state index in [1.54, 1.807) is 0 Å². The minimum absolute atomic E-state index is 1.28. The highest BCUT2D eigenvalue weighted by Crippen LogP contribution is 2.35. The highest BCUT2D eigenvalue weighted by Gasteiger charge is 2.21. The van der Waals surface area contributed by atoms with Gasteiger partial charge in [-0.25, -0.2) is 4.57 Å². The summed E-state index contributed by atoms with van der Waals surface area (Å²) in [7, 11) is 2.13. The van der Waals surface area contributed by atoms with E-state index < -0.39 is 0 Å². The molecule has 2 aromatic carbocycles. The second-order valence-corrected chi connectivity index (χ2v) is 6.47. The number of pyridine rings is 1. The number of aryl methyl sites for hydroxylation is 5. The van der Waals surface area contributed by atoms with Gasteiger partial charge >= 0.3 is 0 Å². The molecule has 0 spiro atoms. The minimum atomic E-state index is 1.28. The Morgan fingerprint density at radius 2 is 1.30 bits per heavy atom. The van der Waals surface area contributed by atoms with Crippen molar-refractivity contribution in [2.75, 3.05) is 0 Å². The Bertz CT molecular complexity index is 852. The number of hydrogen-bond acceptors (Lipinski definition) is 0. The Morgan fingerprint density at radius 1 is 0.696 bits per heavy atom. The Hall–Kier alpha value is -2.41. The van der Waals surface area contributed by atoms with Gasteiger partial charge in [0.05, 0.1) is 5.56 Å². The summed E-state index contributed by atoms with van der Waals surface area (Å²) in [6.45, 7) is 8.77. The lowest BCUT2D eigenvalue weighted by Crippen LogP contribution is -2.31. The van der Waals surface area contributed by atoms with E-state index in [2.05, 4.69) is 94.0 Å². The Kier molecular flexibility index (Phi) is 4.04. The summed E-state index contributed by atoms with van der Waals surface area (Å²) in [6.07, 6.45) is 2.13. The fourth-order valence-electron chi connectivity index (χ4n) is 3.59. The molecule has 3 aromatic rings. The molecule has 0 aliphatic heterocycles. The smallest absolute Gasteiger partial charge is 0.200 e. The molecular formula is C22H24N+. The normalized spacial score (nSPS) is 10.8. The third-order valence-electron chi connectivity index (χ3n) is 4.53. The van der Waals surface area contributed by atoms with Crippen molar-refractivity contribution in [1.29, 1.82) is 0 Å². The van der Waals surface area contributed by atoms with Gasteiger partial charge in [0.15, 0.2) is 6.20 Å². The van der Waals surface area contributed by atoms with Crippen LogP contribution in [0.15, 0.2) is 54.7 Å². The lowest BCUT2D eigenvalue weighted by Gasteiger charge is -2.15. The first kappa shape index (κ1) is 15.5. The van der Waals surface area contributed by atoms with Gasteiger partial charge in [-0.2, -0.15) is 0 Å². The van der Waals surface area contributed by atoms with Crippen molar-refractivity contribution in [3.05, 3.63) is 77.0 Å². The topological polar surface area (TPSA) is 3.88 Å². The molecule has 3 rings (SSSR count). The number of hydrogen-bond donors (Lipinski definition) is 0. The van der Waals surface area contributed by atoms with E-state index in [1.807, 2.05) is 0 Å². The molecule has 1 aromatic heterocycles. The SMILES string of the molecule is Cc1cc(C)c(-c2ccc[n+](C)c2-c2ccccc2C)c(C)c1. The molecule has 0 amide bonds. The van der Waals surface area contributed by atoms with Crippen LogP contribution in [0.4, 0.5) is 0 Å². The van der Waals surface area contributed by atoms with Crippen LogP contribution < -0.4 is 4.57 Å². The zero-order chi connectivity index (χ0) is 16.6. The average molecular weight is 302 g/mol. The van der Waals surface area contributed by atoms with E-state index in [9.17, 15) is 0 Å². The van der Waals surface area contributed by atoms with Crippen LogP contribution in [0, 0.1) is 27.7 Å². The van der Waals surface area contributed by atoms with Gasteiger partial charge in [-0.1, -0.05) is 35.9 Å². The standard InChI is InChI=1S/C22H24N/c1-15-13-17(3)21(18(4)14-15)20-11-8-12-23(5)22(20)19-10-7-6-9-16(19)2/h6-14H,1-5H3/q+1. The van der Waals surface area contributed by atoms with Crippen LogP contribution in [0.25, 0.3) is 22.4 Å². The Labute approximate surface area is 139 Å². The van der Waals surface area contributed by atoms with Gasteiger partial charge in [-0.15, -0.1) is 0 Å². The molecule has 23 heavy (non-hydrogen) atoms. The first-order chi connectivity index (χ1) is 11.0. The molecule has 0 radical (unpaired) electrons. The summed E-state index contributed by atoms with van der Waals surface area (Å²) in [5.74, 6) is 0. The van der Waals surface area contributed by atoms with E-state index >= 15 is 0 Å². The maximum atomic E-state index is 2.27. The molecule has 0 atom stereocenters. The van der Waals surface area contributed by atoms with Crippen LogP contribution in [0.2, 0.25) is 0 Å². The fraction of sp³-hybridized carbons (Fsp3) is 0.227. The van der Waals surface area contributed by atoms with Crippen molar-refractivity contribution >= 4 is 0 Å². The molecule has 0 bridgehead atoms. The molecule has 0 fully saturated rings. The summed E-state index contributed by atoms with van der Waals surface area (Å²) in [6, 6.07) is 17.5. The van der Waals surface area contributed by atoms with Crippen molar-refractivity contribution in [3.63, 3.8) is 0 Å². The second kappa shape index (κ2) is 6.00. The van der Waals surface area contributed by atoms with Gasteiger partial charge in [0.2, 0.25) is 5.69 Å². The maximum absolute atomic E-state index is 2.27. The summed E-state index contributed by atoms with van der Waals surface area (Å²) in [5, 5.41) is 0. The van der Waals surface area contributed by atoms with Crippen LogP contribution >= 0.6 is 0 Å². The minimum Gasteiger partial charge on any atom is -0.200 e. The zero-order valence-electron chi connectivity index (χ0n) is 14.6. The first-order valence-corrected chi connectivity index (χ1v) is 8.12.